The minimum Gasteiger partial charge on any atom is -0.294 e. The second kappa shape index (κ2) is 5.74. The third kappa shape index (κ3) is 2.60. The lowest BCUT2D eigenvalue weighted by atomic mass is 9.78. The fraction of sp³-hybridized carbons (Fsp3) is 0.444. The van der Waals surface area contributed by atoms with Crippen LogP contribution in [0.1, 0.15) is 49.4 Å². The van der Waals surface area contributed by atoms with E-state index in [0.29, 0.717) is 0 Å². The van der Waals surface area contributed by atoms with Gasteiger partial charge in [0.1, 0.15) is 0 Å². The van der Waals surface area contributed by atoms with Gasteiger partial charge >= 0.3 is 0 Å². The number of pyridine rings is 1. The van der Waals surface area contributed by atoms with Crippen LogP contribution >= 0.6 is 0 Å². The van der Waals surface area contributed by atoms with Gasteiger partial charge in [-0.1, -0.05) is 31.5 Å². The Labute approximate surface area is 120 Å². The molecule has 0 radical (unpaired) electrons. The Kier molecular flexibility index (Phi) is 3.81. The number of carbonyl (C=O) groups is 1. The van der Waals surface area contributed by atoms with Crippen LogP contribution in [0.25, 0.3) is 10.9 Å². The van der Waals surface area contributed by atoms with Gasteiger partial charge < -0.3 is 0 Å². The predicted octanol–water partition coefficient (Wildman–Crippen LogP) is 4.63. The van der Waals surface area contributed by atoms with Crippen molar-refractivity contribution in [2.24, 2.45) is 11.8 Å². The second-order valence-corrected chi connectivity index (χ2v) is 5.91. The van der Waals surface area contributed by atoms with Gasteiger partial charge in [0.2, 0.25) is 0 Å². The van der Waals surface area contributed by atoms with Gasteiger partial charge in [-0.15, -0.1) is 0 Å². The van der Waals surface area contributed by atoms with E-state index in [4.69, 9.17) is 0 Å². The van der Waals surface area contributed by atoms with Gasteiger partial charge in [0, 0.05) is 23.1 Å². The molecule has 20 heavy (non-hydrogen) atoms. The zero-order chi connectivity index (χ0) is 13.9. The van der Waals surface area contributed by atoms with Gasteiger partial charge in [0.25, 0.3) is 0 Å². The molecule has 1 aromatic heterocycles. The number of rotatable bonds is 3. The number of Topliss-reactive ketones (excluding diaryl/α,β-unsaturated/α-hetero) is 1. The van der Waals surface area contributed by atoms with Crippen molar-refractivity contribution in [3.63, 3.8) is 0 Å². The number of ketones is 1. The van der Waals surface area contributed by atoms with Crippen molar-refractivity contribution in [1.82, 2.24) is 4.98 Å². The predicted molar refractivity (Wildman–Crippen MR) is 81.8 cm³/mol. The number of fused-ring (bicyclic) bond motifs is 1. The molecule has 3 rings (SSSR count). The van der Waals surface area contributed by atoms with E-state index in [1.165, 1.54) is 19.3 Å². The van der Waals surface area contributed by atoms with Crippen LogP contribution in [0.4, 0.5) is 0 Å². The van der Waals surface area contributed by atoms with Crippen LogP contribution < -0.4 is 0 Å². The Morgan fingerprint density at radius 2 is 1.95 bits per heavy atom. The molecule has 1 aromatic carbocycles. The molecule has 0 N–H and O–H groups in total. The van der Waals surface area contributed by atoms with E-state index in [0.717, 1.165) is 35.2 Å². The first-order valence-corrected chi connectivity index (χ1v) is 7.67. The summed E-state index contributed by atoms with van der Waals surface area (Å²) in [4.78, 5) is 17.0. The minimum atomic E-state index is 0.209. The van der Waals surface area contributed by atoms with Crippen LogP contribution in [0.15, 0.2) is 36.5 Å². The molecule has 0 amide bonds. The zero-order valence-corrected chi connectivity index (χ0v) is 12.0. The molecule has 0 atom stereocenters. The van der Waals surface area contributed by atoms with Gasteiger partial charge in [-0.25, -0.2) is 0 Å². The number of hydrogen-bond donors (Lipinski definition) is 0. The fourth-order valence-electron chi connectivity index (χ4n) is 3.27. The van der Waals surface area contributed by atoms with Gasteiger partial charge in [-0.2, -0.15) is 0 Å². The summed E-state index contributed by atoms with van der Waals surface area (Å²) in [6.45, 7) is 2.25. The number of benzene rings is 1. The molecule has 2 aromatic rings. The lowest BCUT2D eigenvalue weighted by molar-refractivity contribution is 0.0871. The molecule has 1 aliphatic carbocycles. The van der Waals surface area contributed by atoms with Crippen molar-refractivity contribution in [2.45, 2.75) is 39.0 Å². The van der Waals surface area contributed by atoms with Crippen LogP contribution in [0.3, 0.4) is 0 Å². The van der Waals surface area contributed by atoms with Crippen molar-refractivity contribution < 1.29 is 4.79 Å². The molecule has 0 spiro atoms. The summed E-state index contributed by atoms with van der Waals surface area (Å²) in [5, 5.41) is 1.06. The quantitative estimate of drug-likeness (QED) is 0.759. The van der Waals surface area contributed by atoms with Gasteiger partial charge in [0.05, 0.1) is 5.52 Å². The van der Waals surface area contributed by atoms with Crippen molar-refractivity contribution in [1.29, 1.82) is 0 Å². The lowest BCUT2D eigenvalue weighted by Gasteiger charge is -2.26. The molecule has 104 valence electrons. The standard InChI is InChI=1S/C18H21NO/c1-2-13-7-9-14(10-8-13)18(20)16-11-15-5-3-4-6-17(15)19-12-16/h3-6,11-14H,2,7-10H2,1H3. The van der Waals surface area contributed by atoms with E-state index >= 15 is 0 Å². The Hall–Kier alpha value is -1.70. The van der Waals surface area contributed by atoms with E-state index in [2.05, 4.69) is 11.9 Å². The number of para-hydroxylation sites is 1. The smallest absolute Gasteiger partial charge is 0.167 e. The molecular weight excluding hydrogens is 246 g/mol. The Balaban J connectivity index is 1.79. The molecule has 0 aliphatic heterocycles. The molecule has 2 nitrogen and oxygen atoms in total. The largest absolute Gasteiger partial charge is 0.294 e. The summed E-state index contributed by atoms with van der Waals surface area (Å²) in [6, 6.07) is 9.97. The first kappa shape index (κ1) is 13.3. The monoisotopic (exact) mass is 267 g/mol. The zero-order valence-electron chi connectivity index (χ0n) is 12.0. The van der Waals surface area contributed by atoms with Crippen molar-refractivity contribution >= 4 is 16.7 Å². The molecule has 1 fully saturated rings. The summed E-state index contributed by atoms with van der Waals surface area (Å²) in [7, 11) is 0. The molecule has 1 saturated carbocycles. The average Bonchev–Trinajstić information content (AvgIpc) is 2.54. The number of hydrogen-bond acceptors (Lipinski definition) is 2. The van der Waals surface area contributed by atoms with Gasteiger partial charge in [-0.05, 0) is 43.7 Å². The maximum atomic E-state index is 12.6. The molecule has 1 aliphatic rings. The summed E-state index contributed by atoms with van der Waals surface area (Å²) in [5.41, 5.74) is 1.74. The highest BCUT2D eigenvalue weighted by atomic mass is 16.1. The van der Waals surface area contributed by atoms with E-state index in [1.807, 2.05) is 30.3 Å². The normalized spacial score (nSPS) is 22.9. The number of aromatic nitrogens is 1. The van der Waals surface area contributed by atoms with Crippen LogP contribution in [-0.4, -0.2) is 10.8 Å². The topological polar surface area (TPSA) is 30.0 Å². The second-order valence-electron chi connectivity index (χ2n) is 5.91. The van der Waals surface area contributed by atoms with Crippen LogP contribution in [-0.2, 0) is 0 Å². The molecule has 0 saturated heterocycles. The maximum absolute atomic E-state index is 12.6. The summed E-state index contributed by atoms with van der Waals surface area (Å²) in [5.74, 6) is 1.33. The van der Waals surface area contributed by atoms with Crippen molar-refractivity contribution in [3.05, 3.63) is 42.1 Å². The van der Waals surface area contributed by atoms with Crippen LogP contribution in [0.5, 0.6) is 0 Å². The van der Waals surface area contributed by atoms with Gasteiger partial charge in [0.15, 0.2) is 5.78 Å². The summed E-state index contributed by atoms with van der Waals surface area (Å²) < 4.78 is 0. The number of carbonyl (C=O) groups excluding carboxylic acids is 1. The van der Waals surface area contributed by atoms with Crippen molar-refractivity contribution in [2.75, 3.05) is 0 Å². The van der Waals surface area contributed by atoms with Crippen LogP contribution in [0.2, 0.25) is 0 Å². The Morgan fingerprint density at radius 3 is 2.70 bits per heavy atom. The highest BCUT2D eigenvalue weighted by Crippen LogP contribution is 2.32. The Morgan fingerprint density at radius 1 is 1.20 bits per heavy atom. The van der Waals surface area contributed by atoms with E-state index < -0.39 is 0 Å². The summed E-state index contributed by atoms with van der Waals surface area (Å²) >= 11 is 0. The minimum absolute atomic E-state index is 0.209. The van der Waals surface area contributed by atoms with Crippen molar-refractivity contribution in [3.8, 4) is 0 Å². The van der Waals surface area contributed by atoms with E-state index in [9.17, 15) is 4.79 Å². The van der Waals surface area contributed by atoms with E-state index in [-0.39, 0.29) is 11.7 Å². The number of nitrogens with zero attached hydrogens (tertiary/aromatic N) is 1. The van der Waals surface area contributed by atoms with Gasteiger partial charge in [-0.3, -0.25) is 9.78 Å². The Bertz CT molecular complexity index is 612. The molecule has 0 bridgehead atoms. The SMILES string of the molecule is CCC1CCC(C(=O)c2cnc3ccccc3c2)CC1. The molecular formula is C18H21NO. The van der Waals surface area contributed by atoms with Crippen LogP contribution in [0, 0.1) is 11.8 Å². The molecule has 2 heteroatoms. The highest BCUT2D eigenvalue weighted by molar-refractivity contribution is 6.00. The molecule has 0 unspecified atom stereocenters. The average molecular weight is 267 g/mol. The first-order valence-electron chi connectivity index (χ1n) is 7.67. The fourth-order valence-corrected chi connectivity index (χ4v) is 3.27. The van der Waals surface area contributed by atoms with E-state index in [1.54, 1.807) is 6.20 Å². The third-order valence-electron chi connectivity index (χ3n) is 4.67. The lowest BCUT2D eigenvalue weighted by Crippen LogP contribution is -2.21. The summed E-state index contributed by atoms with van der Waals surface area (Å²) in [6.07, 6.45) is 7.49. The highest BCUT2D eigenvalue weighted by Gasteiger charge is 2.26. The first-order chi connectivity index (χ1) is 9.78. The maximum Gasteiger partial charge on any atom is 0.167 e. The molecule has 1 heterocycles. The third-order valence-corrected chi connectivity index (χ3v) is 4.67.